The van der Waals surface area contributed by atoms with Crippen molar-refractivity contribution in [2.24, 2.45) is 0 Å². The number of carbonyl (C=O) groups is 1. The third-order valence-corrected chi connectivity index (χ3v) is 4.43. The number of benzene rings is 3. The summed E-state index contributed by atoms with van der Waals surface area (Å²) in [5, 5.41) is 6.93. The van der Waals surface area contributed by atoms with E-state index in [-0.39, 0.29) is 11.5 Å². The standard InChI is InChI=1S/C24H19N3O3/c28-22-12-7-17-25-27(22)20-15-13-19(14-16-20)26-24(29)23(18-8-3-1-4-9-18)30-21-10-5-2-6-11-21/h1-17,23H,(H,26,29). The maximum absolute atomic E-state index is 13.0. The Kier molecular flexibility index (Phi) is 5.66. The van der Waals surface area contributed by atoms with E-state index >= 15 is 0 Å². The highest BCUT2D eigenvalue weighted by atomic mass is 16.5. The van der Waals surface area contributed by atoms with E-state index in [1.165, 1.54) is 10.7 Å². The van der Waals surface area contributed by atoms with E-state index in [2.05, 4.69) is 10.4 Å². The summed E-state index contributed by atoms with van der Waals surface area (Å²) < 4.78 is 7.26. The second-order valence-electron chi connectivity index (χ2n) is 6.53. The van der Waals surface area contributed by atoms with Crippen LogP contribution in [0.25, 0.3) is 5.69 Å². The summed E-state index contributed by atoms with van der Waals surface area (Å²) in [5.41, 5.74) is 1.72. The van der Waals surface area contributed by atoms with Crippen molar-refractivity contribution in [3.05, 3.63) is 119 Å². The molecule has 4 aromatic rings. The first-order valence-electron chi connectivity index (χ1n) is 9.43. The highest BCUT2D eigenvalue weighted by Crippen LogP contribution is 2.24. The minimum atomic E-state index is -0.813. The summed E-state index contributed by atoms with van der Waals surface area (Å²) in [6, 6.07) is 28.4. The quantitative estimate of drug-likeness (QED) is 0.534. The molecule has 0 aliphatic rings. The van der Waals surface area contributed by atoms with Crippen molar-refractivity contribution < 1.29 is 9.53 Å². The van der Waals surface area contributed by atoms with E-state index in [9.17, 15) is 9.59 Å². The van der Waals surface area contributed by atoms with E-state index in [1.807, 2.05) is 60.7 Å². The van der Waals surface area contributed by atoms with Crippen molar-refractivity contribution in [3.8, 4) is 11.4 Å². The molecule has 1 unspecified atom stereocenters. The lowest BCUT2D eigenvalue weighted by molar-refractivity contribution is -0.123. The number of nitrogens with zero attached hydrogens (tertiary/aromatic N) is 2. The molecule has 1 aromatic heterocycles. The van der Waals surface area contributed by atoms with Crippen LogP contribution in [-0.4, -0.2) is 15.7 Å². The minimum Gasteiger partial charge on any atom is -0.476 e. The number of hydrogen-bond acceptors (Lipinski definition) is 4. The van der Waals surface area contributed by atoms with E-state index < -0.39 is 6.10 Å². The zero-order valence-electron chi connectivity index (χ0n) is 16.0. The summed E-state index contributed by atoms with van der Waals surface area (Å²) >= 11 is 0. The van der Waals surface area contributed by atoms with Crippen LogP contribution in [0, 0.1) is 0 Å². The molecule has 6 heteroatoms. The molecule has 6 nitrogen and oxygen atoms in total. The van der Waals surface area contributed by atoms with Crippen molar-refractivity contribution in [1.82, 2.24) is 9.78 Å². The summed E-state index contributed by atoms with van der Waals surface area (Å²) in [6.07, 6.45) is 0.731. The van der Waals surface area contributed by atoms with Crippen LogP contribution in [0.3, 0.4) is 0 Å². The summed E-state index contributed by atoms with van der Waals surface area (Å²) in [7, 11) is 0. The Bertz CT molecular complexity index is 1170. The van der Waals surface area contributed by atoms with Crippen LogP contribution < -0.4 is 15.6 Å². The van der Waals surface area contributed by atoms with Crippen LogP contribution in [0.5, 0.6) is 5.75 Å². The number of rotatable bonds is 6. The molecule has 0 fully saturated rings. The van der Waals surface area contributed by atoms with Crippen LogP contribution in [0.15, 0.2) is 108 Å². The highest BCUT2D eigenvalue weighted by Gasteiger charge is 2.22. The zero-order chi connectivity index (χ0) is 20.8. The van der Waals surface area contributed by atoms with Crippen molar-refractivity contribution in [3.63, 3.8) is 0 Å². The number of carbonyl (C=O) groups excluding carboxylic acids is 1. The molecular formula is C24H19N3O3. The Morgan fingerprint density at radius 1 is 0.833 bits per heavy atom. The Morgan fingerprint density at radius 3 is 2.17 bits per heavy atom. The van der Waals surface area contributed by atoms with Gasteiger partial charge in [0.15, 0.2) is 0 Å². The van der Waals surface area contributed by atoms with E-state index in [4.69, 9.17) is 4.74 Å². The van der Waals surface area contributed by atoms with Gasteiger partial charge >= 0.3 is 0 Å². The third-order valence-electron chi connectivity index (χ3n) is 4.43. The van der Waals surface area contributed by atoms with Crippen molar-refractivity contribution >= 4 is 11.6 Å². The molecule has 1 N–H and O–H groups in total. The molecule has 1 atom stereocenters. The monoisotopic (exact) mass is 397 g/mol. The zero-order valence-corrected chi connectivity index (χ0v) is 16.0. The van der Waals surface area contributed by atoms with Gasteiger partial charge < -0.3 is 10.1 Å². The van der Waals surface area contributed by atoms with Gasteiger partial charge in [0.25, 0.3) is 11.5 Å². The maximum Gasteiger partial charge on any atom is 0.271 e. The molecule has 3 aromatic carbocycles. The molecule has 0 radical (unpaired) electrons. The fraction of sp³-hybridized carbons (Fsp3) is 0.0417. The van der Waals surface area contributed by atoms with Gasteiger partial charge in [0.2, 0.25) is 6.10 Å². The normalized spacial score (nSPS) is 11.5. The van der Waals surface area contributed by atoms with Gasteiger partial charge in [-0.15, -0.1) is 0 Å². The van der Waals surface area contributed by atoms with E-state index in [1.54, 1.807) is 36.5 Å². The SMILES string of the molecule is O=C(Nc1ccc(-n2ncccc2=O)cc1)C(Oc1ccccc1)c1ccccc1. The number of amides is 1. The van der Waals surface area contributed by atoms with Gasteiger partial charge in [0.05, 0.1) is 5.69 Å². The van der Waals surface area contributed by atoms with Crippen LogP contribution in [-0.2, 0) is 4.79 Å². The van der Waals surface area contributed by atoms with Gasteiger partial charge in [-0.1, -0.05) is 48.5 Å². The van der Waals surface area contributed by atoms with Crippen molar-refractivity contribution in [2.75, 3.05) is 5.32 Å². The largest absolute Gasteiger partial charge is 0.476 e. The highest BCUT2D eigenvalue weighted by molar-refractivity contribution is 5.95. The molecule has 0 aliphatic heterocycles. The fourth-order valence-corrected chi connectivity index (χ4v) is 2.98. The smallest absolute Gasteiger partial charge is 0.271 e. The molecule has 0 spiro atoms. The Hall–Kier alpha value is -4.19. The number of hydrogen-bond donors (Lipinski definition) is 1. The second kappa shape index (κ2) is 8.87. The first-order chi connectivity index (χ1) is 14.7. The van der Waals surface area contributed by atoms with E-state index in [0.717, 1.165) is 5.56 Å². The lowest BCUT2D eigenvalue weighted by Gasteiger charge is -2.19. The van der Waals surface area contributed by atoms with Crippen LogP contribution in [0.2, 0.25) is 0 Å². The minimum absolute atomic E-state index is 0.227. The van der Waals surface area contributed by atoms with Crippen molar-refractivity contribution in [1.29, 1.82) is 0 Å². The predicted molar refractivity (Wildman–Crippen MR) is 115 cm³/mol. The van der Waals surface area contributed by atoms with Gasteiger partial charge in [0.1, 0.15) is 5.75 Å². The molecule has 4 rings (SSSR count). The average Bonchev–Trinajstić information content (AvgIpc) is 2.80. The summed E-state index contributed by atoms with van der Waals surface area (Å²) in [4.78, 5) is 24.9. The van der Waals surface area contributed by atoms with Gasteiger partial charge in [-0.05, 0) is 42.5 Å². The van der Waals surface area contributed by atoms with Gasteiger partial charge in [-0.2, -0.15) is 9.78 Å². The number of para-hydroxylation sites is 1. The lowest BCUT2D eigenvalue weighted by atomic mass is 10.1. The number of nitrogens with one attached hydrogen (secondary N) is 1. The number of aromatic nitrogens is 2. The summed E-state index contributed by atoms with van der Waals surface area (Å²) in [6.45, 7) is 0. The van der Waals surface area contributed by atoms with Gasteiger partial charge in [-0.25, -0.2) is 0 Å². The van der Waals surface area contributed by atoms with Gasteiger partial charge in [0, 0.05) is 23.5 Å². The molecular weight excluding hydrogens is 378 g/mol. The van der Waals surface area contributed by atoms with Gasteiger partial charge in [-0.3, -0.25) is 9.59 Å². The first-order valence-corrected chi connectivity index (χ1v) is 9.43. The average molecular weight is 397 g/mol. The Morgan fingerprint density at radius 2 is 1.50 bits per heavy atom. The van der Waals surface area contributed by atoms with E-state index in [0.29, 0.717) is 17.1 Å². The molecule has 1 amide bonds. The van der Waals surface area contributed by atoms with Crippen LogP contribution in [0.4, 0.5) is 5.69 Å². The topological polar surface area (TPSA) is 73.2 Å². The molecule has 148 valence electrons. The number of ether oxygens (including phenoxy) is 1. The Labute approximate surface area is 173 Å². The molecule has 0 bridgehead atoms. The molecule has 0 aliphatic carbocycles. The molecule has 30 heavy (non-hydrogen) atoms. The summed E-state index contributed by atoms with van der Waals surface area (Å²) in [5.74, 6) is 0.305. The van der Waals surface area contributed by atoms with Crippen molar-refractivity contribution in [2.45, 2.75) is 6.10 Å². The fourth-order valence-electron chi connectivity index (χ4n) is 2.98. The van der Waals surface area contributed by atoms with Crippen LogP contribution in [0.1, 0.15) is 11.7 Å². The maximum atomic E-state index is 13.0. The Balaban J connectivity index is 1.55. The molecule has 0 saturated heterocycles. The number of anilines is 1. The molecule has 0 saturated carbocycles. The van der Waals surface area contributed by atoms with Crippen LogP contribution >= 0.6 is 0 Å². The predicted octanol–water partition coefficient (Wildman–Crippen LogP) is 3.99. The molecule has 1 heterocycles. The second-order valence-corrected chi connectivity index (χ2v) is 6.53. The first kappa shape index (κ1) is 19.1. The third kappa shape index (κ3) is 4.44. The lowest BCUT2D eigenvalue weighted by Crippen LogP contribution is -2.25.